The Kier molecular flexibility index (Phi) is 11.5. The molecule has 0 bridgehead atoms. The maximum Gasteiger partial charge on any atom is 0.347 e. The van der Waals surface area contributed by atoms with Crippen LogP contribution in [0.15, 0.2) is 11.6 Å². The topological polar surface area (TPSA) is 108 Å². The van der Waals surface area contributed by atoms with Gasteiger partial charge in [-0.15, -0.1) is 0 Å². The molecule has 8 nitrogen and oxygen atoms in total. The van der Waals surface area contributed by atoms with E-state index in [-0.39, 0.29) is 31.8 Å². The van der Waals surface area contributed by atoms with Crippen molar-refractivity contribution >= 4 is 17.9 Å². The summed E-state index contributed by atoms with van der Waals surface area (Å²) in [5.41, 5.74) is -0.0834. The fraction of sp³-hybridized carbons (Fsp3) is 0.667. The molecule has 8 heteroatoms. The lowest BCUT2D eigenvalue weighted by Gasteiger charge is -2.14. The maximum atomic E-state index is 11.9. The van der Waals surface area contributed by atoms with Gasteiger partial charge in [-0.25, -0.2) is 14.4 Å². The van der Waals surface area contributed by atoms with Crippen molar-refractivity contribution < 1.29 is 38.4 Å². The number of hydrogen-bond acceptors (Lipinski definition) is 7. The summed E-state index contributed by atoms with van der Waals surface area (Å²) in [6.07, 6.45) is -0.326. The first kappa shape index (κ1) is 21.1. The fourth-order valence-corrected chi connectivity index (χ4v) is 1.46. The van der Waals surface area contributed by atoms with Gasteiger partial charge in [-0.05, 0) is 20.8 Å². The van der Waals surface area contributed by atoms with Crippen LogP contribution in [0.2, 0.25) is 0 Å². The van der Waals surface area contributed by atoms with Crippen molar-refractivity contribution in [3.8, 4) is 0 Å². The predicted molar refractivity (Wildman–Crippen MR) is 79.8 cm³/mol. The second-order valence-electron chi connectivity index (χ2n) is 4.37. The molecule has 0 aromatic rings. The summed E-state index contributed by atoms with van der Waals surface area (Å²) in [6, 6.07) is 0. The van der Waals surface area contributed by atoms with Crippen LogP contribution in [-0.2, 0) is 33.3 Å². The van der Waals surface area contributed by atoms with Crippen LogP contribution in [0.5, 0.6) is 0 Å². The van der Waals surface area contributed by atoms with Crippen LogP contribution >= 0.6 is 0 Å². The predicted octanol–water partition coefficient (Wildman–Crippen LogP) is 0.935. The SMILES string of the molecule is CCOCCOC(=O)[C@@H](C)OC(=O)/C(=C/C(=O)O)CCOCC. The Balaban J connectivity index is 4.47. The Labute approximate surface area is 135 Å². The van der Waals surface area contributed by atoms with Gasteiger partial charge in [0.25, 0.3) is 0 Å². The van der Waals surface area contributed by atoms with Gasteiger partial charge in [0.05, 0.1) is 13.2 Å². The highest BCUT2D eigenvalue weighted by atomic mass is 16.6. The lowest BCUT2D eigenvalue weighted by molar-refractivity contribution is -0.165. The average Bonchev–Trinajstić information content (AvgIpc) is 2.50. The van der Waals surface area contributed by atoms with Crippen molar-refractivity contribution in [1.29, 1.82) is 0 Å². The molecule has 0 aromatic heterocycles. The molecule has 1 atom stereocenters. The van der Waals surface area contributed by atoms with Gasteiger partial charge >= 0.3 is 17.9 Å². The van der Waals surface area contributed by atoms with Crippen molar-refractivity contribution in [2.45, 2.75) is 33.3 Å². The summed E-state index contributed by atoms with van der Waals surface area (Å²) in [5.74, 6) is -2.89. The Morgan fingerprint density at radius 3 is 2.22 bits per heavy atom. The summed E-state index contributed by atoms with van der Waals surface area (Å²) in [7, 11) is 0. The van der Waals surface area contributed by atoms with Gasteiger partial charge in [0.1, 0.15) is 6.61 Å². The van der Waals surface area contributed by atoms with Gasteiger partial charge in [-0.2, -0.15) is 0 Å². The number of carbonyl (C=O) groups excluding carboxylic acids is 2. The monoisotopic (exact) mass is 332 g/mol. The number of ether oxygens (including phenoxy) is 4. The van der Waals surface area contributed by atoms with E-state index in [4.69, 9.17) is 24.1 Å². The summed E-state index contributed by atoms with van der Waals surface area (Å²) in [4.78, 5) is 34.3. The van der Waals surface area contributed by atoms with Crippen molar-refractivity contribution in [3.63, 3.8) is 0 Å². The van der Waals surface area contributed by atoms with Crippen LogP contribution in [-0.4, -0.2) is 62.2 Å². The van der Waals surface area contributed by atoms with E-state index in [1.54, 1.807) is 6.92 Å². The molecule has 0 saturated heterocycles. The van der Waals surface area contributed by atoms with E-state index in [1.165, 1.54) is 6.92 Å². The zero-order valence-electron chi connectivity index (χ0n) is 13.7. The number of hydrogen-bond donors (Lipinski definition) is 1. The molecule has 0 radical (unpaired) electrons. The minimum atomic E-state index is -1.28. The maximum absolute atomic E-state index is 11.9. The van der Waals surface area contributed by atoms with E-state index in [2.05, 4.69) is 0 Å². The number of carboxylic acids is 1. The van der Waals surface area contributed by atoms with Crippen LogP contribution in [0.4, 0.5) is 0 Å². The van der Waals surface area contributed by atoms with Crippen LogP contribution in [0.1, 0.15) is 27.2 Å². The molecule has 1 N–H and O–H groups in total. The molecule has 0 aliphatic carbocycles. The van der Waals surface area contributed by atoms with Crippen molar-refractivity contribution in [3.05, 3.63) is 11.6 Å². The van der Waals surface area contributed by atoms with Crippen LogP contribution in [0, 0.1) is 0 Å². The second kappa shape index (κ2) is 12.6. The normalized spacial score (nSPS) is 12.6. The summed E-state index contributed by atoms with van der Waals surface area (Å²) in [6.45, 7) is 6.37. The molecule has 0 unspecified atom stereocenters. The second-order valence-corrected chi connectivity index (χ2v) is 4.37. The standard InChI is InChI=1S/C15H24O8/c1-4-20-7-6-12(10-13(16)17)15(19)23-11(3)14(18)22-9-8-21-5-2/h10-11H,4-9H2,1-3H3,(H,16,17)/b12-10+/t11-/m1/s1. The molecule has 0 aliphatic heterocycles. The van der Waals surface area contributed by atoms with E-state index in [0.29, 0.717) is 13.2 Å². The van der Waals surface area contributed by atoms with Crippen LogP contribution in [0.3, 0.4) is 0 Å². The molecule has 132 valence electrons. The van der Waals surface area contributed by atoms with E-state index in [1.807, 2.05) is 6.92 Å². The molecule has 0 aliphatic rings. The van der Waals surface area contributed by atoms with E-state index in [9.17, 15) is 14.4 Å². The zero-order chi connectivity index (χ0) is 17.7. The van der Waals surface area contributed by atoms with Crippen molar-refractivity contribution in [2.24, 2.45) is 0 Å². The molecule has 0 fully saturated rings. The van der Waals surface area contributed by atoms with Crippen LogP contribution in [0.25, 0.3) is 0 Å². The zero-order valence-corrected chi connectivity index (χ0v) is 13.7. The largest absolute Gasteiger partial charge is 0.478 e. The number of rotatable bonds is 12. The number of aliphatic carboxylic acids is 1. The molecule has 0 saturated carbocycles. The van der Waals surface area contributed by atoms with E-state index in [0.717, 1.165) is 6.08 Å². The molecular weight excluding hydrogens is 308 g/mol. The molecule has 23 heavy (non-hydrogen) atoms. The van der Waals surface area contributed by atoms with Gasteiger partial charge in [0, 0.05) is 31.3 Å². The van der Waals surface area contributed by atoms with Crippen molar-refractivity contribution in [1.82, 2.24) is 0 Å². The highest BCUT2D eigenvalue weighted by Crippen LogP contribution is 2.08. The van der Waals surface area contributed by atoms with Gasteiger partial charge in [-0.1, -0.05) is 0 Å². The lowest BCUT2D eigenvalue weighted by Crippen LogP contribution is -2.28. The minimum absolute atomic E-state index is 0.0523. The van der Waals surface area contributed by atoms with Gasteiger partial charge in [-0.3, -0.25) is 0 Å². The van der Waals surface area contributed by atoms with E-state index < -0.39 is 24.0 Å². The quantitative estimate of drug-likeness (QED) is 0.319. The minimum Gasteiger partial charge on any atom is -0.478 e. The lowest BCUT2D eigenvalue weighted by atomic mass is 10.2. The third-order valence-electron chi connectivity index (χ3n) is 2.57. The Morgan fingerprint density at radius 2 is 1.65 bits per heavy atom. The first-order valence-electron chi connectivity index (χ1n) is 7.38. The van der Waals surface area contributed by atoms with Gasteiger partial charge in [0.15, 0.2) is 6.10 Å². The highest BCUT2D eigenvalue weighted by molar-refractivity contribution is 5.96. The van der Waals surface area contributed by atoms with Crippen LogP contribution < -0.4 is 0 Å². The van der Waals surface area contributed by atoms with Gasteiger partial charge < -0.3 is 24.1 Å². The van der Waals surface area contributed by atoms with E-state index >= 15 is 0 Å². The molecule has 0 amide bonds. The molecule has 0 aromatic carbocycles. The summed E-state index contributed by atoms with van der Waals surface area (Å²) >= 11 is 0. The highest BCUT2D eigenvalue weighted by Gasteiger charge is 2.22. The summed E-state index contributed by atoms with van der Waals surface area (Å²) in [5, 5.41) is 8.77. The van der Waals surface area contributed by atoms with Gasteiger partial charge in [0.2, 0.25) is 0 Å². The fourth-order valence-electron chi connectivity index (χ4n) is 1.46. The number of carbonyl (C=O) groups is 3. The third-order valence-corrected chi connectivity index (χ3v) is 2.57. The number of carboxylic acid groups (broad SMARTS) is 1. The number of esters is 2. The third kappa shape index (κ3) is 10.4. The molecule has 0 heterocycles. The summed E-state index contributed by atoms with van der Waals surface area (Å²) < 4.78 is 19.9. The Morgan fingerprint density at radius 1 is 1.04 bits per heavy atom. The first-order valence-corrected chi connectivity index (χ1v) is 7.38. The Bertz CT molecular complexity index is 416. The molecular formula is C15H24O8. The molecule has 0 rings (SSSR count). The average molecular weight is 332 g/mol. The van der Waals surface area contributed by atoms with Crippen molar-refractivity contribution in [2.75, 3.05) is 33.0 Å². The smallest absolute Gasteiger partial charge is 0.347 e. The first-order chi connectivity index (χ1) is 10.9. The molecule has 0 spiro atoms. The Hall–Kier alpha value is -1.93.